The van der Waals surface area contributed by atoms with Crippen LogP contribution in [0.1, 0.15) is 40.2 Å². The van der Waals surface area contributed by atoms with Crippen molar-refractivity contribution in [1.82, 2.24) is 9.55 Å². The van der Waals surface area contributed by atoms with E-state index in [1.54, 1.807) is 16.8 Å². The van der Waals surface area contributed by atoms with Crippen molar-refractivity contribution in [2.75, 3.05) is 5.73 Å². The molecular weight excluding hydrogens is 398 g/mol. The van der Waals surface area contributed by atoms with Gasteiger partial charge in [0, 0.05) is 11.8 Å². The van der Waals surface area contributed by atoms with E-state index in [1.807, 2.05) is 42.5 Å². The number of nitrogen functional groups attached to an aromatic ring is 1. The van der Waals surface area contributed by atoms with Gasteiger partial charge in [0.1, 0.15) is 5.56 Å². The van der Waals surface area contributed by atoms with Crippen LogP contribution >= 0.6 is 11.3 Å². The highest BCUT2D eigenvalue weighted by molar-refractivity contribution is 7.16. The molecule has 0 aliphatic heterocycles. The number of pyridine rings is 1. The highest BCUT2D eigenvalue weighted by Crippen LogP contribution is 2.44. The predicted octanol–water partition coefficient (Wildman–Crippen LogP) is 4.33. The lowest BCUT2D eigenvalue weighted by atomic mass is 10.00. The summed E-state index contributed by atoms with van der Waals surface area (Å²) in [6.45, 7) is 0.487. The van der Waals surface area contributed by atoms with Gasteiger partial charge in [-0.3, -0.25) is 14.3 Å². The van der Waals surface area contributed by atoms with Gasteiger partial charge in [-0.15, -0.1) is 0 Å². The number of benzene rings is 2. The molecule has 1 aliphatic carbocycles. The van der Waals surface area contributed by atoms with E-state index in [4.69, 9.17) is 5.73 Å². The third-order valence-electron chi connectivity index (χ3n) is 5.51. The summed E-state index contributed by atoms with van der Waals surface area (Å²) in [5, 5.41) is 9.79. The van der Waals surface area contributed by atoms with Crippen molar-refractivity contribution < 1.29 is 9.90 Å². The van der Waals surface area contributed by atoms with Gasteiger partial charge in [-0.25, -0.2) is 4.79 Å². The number of rotatable bonds is 5. The second-order valence-electron chi connectivity index (χ2n) is 7.55. The molecule has 5 rings (SSSR count). The summed E-state index contributed by atoms with van der Waals surface area (Å²) in [7, 11) is 0. The molecule has 6 nitrogen and oxygen atoms in total. The normalized spacial score (nSPS) is 13.6. The molecule has 2 aromatic heterocycles. The second kappa shape index (κ2) is 7.11. The average molecular weight is 417 g/mol. The molecule has 3 N–H and O–H groups in total. The summed E-state index contributed by atoms with van der Waals surface area (Å²) >= 11 is 1.14. The second-order valence-corrected chi connectivity index (χ2v) is 8.55. The Labute approximate surface area is 176 Å². The number of aromatic carboxylic acids is 1. The van der Waals surface area contributed by atoms with Gasteiger partial charge >= 0.3 is 10.8 Å². The molecule has 2 aromatic carbocycles. The first-order valence-corrected chi connectivity index (χ1v) is 10.5. The molecule has 1 aliphatic rings. The Morgan fingerprint density at radius 3 is 2.67 bits per heavy atom. The van der Waals surface area contributed by atoms with Crippen molar-refractivity contribution >= 4 is 33.2 Å². The minimum absolute atomic E-state index is 0.0369. The zero-order valence-corrected chi connectivity index (χ0v) is 16.9. The summed E-state index contributed by atoms with van der Waals surface area (Å²) in [5.41, 5.74) is 10.2. The van der Waals surface area contributed by atoms with Gasteiger partial charge in [0.2, 0.25) is 0 Å². The lowest BCUT2D eigenvalue weighted by molar-refractivity contribution is 0.0698. The first-order valence-electron chi connectivity index (χ1n) is 9.72. The SMILES string of the molecule is Nc1c(C2CC2)cnc(-c2ccc3c(c2)sc(=O)n3Cc2ccccc2)c1C(=O)O. The van der Waals surface area contributed by atoms with Crippen LogP contribution in [-0.4, -0.2) is 20.6 Å². The number of carboxylic acids is 1. The van der Waals surface area contributed by atoms with Crippen molar-refractivity contribution in [1.29, 1.82) is 0 Å². The number of carbonyl (C=O) groups is 1. The molecule has 0 atom stereocenters. The molecule has 7 heteroatoms. The Hall–Kier alpha value is -3.45. The minimum atomic E-state index is -1.09. The van der Waals surface area contributed by atoms with Crippen LogP contribution in [0.4, 0.5) is 5.69 Å². The topological polar surface area (TPSA) is 98.2 Å². The number of hydrogen-bond donors (Lipinski definition) is 2. The molecule has 0 unspecified atom stereocenters. The maximum absolute atomic E-state index is 12.6. The molecule has 150 valence electrons. The van der Waals surface area contributed by atoms with E-state index < -0.39 is 5.97 Å². The van der Waals surface area contributed by atoms with E-state index in [2.05, 4.69) is 4.98 Å². The van der Waals surface area contributed by atoms with Crippen LogP contribution in [0.5, 0.6) is 0 Å². The minimum Gasteiger partial charge on any atom is -0.478 e. The first-order chi connectivity index (χ1) is 14.5. The Morgan fingerprint density at radius 2 is 1.97 bits per heavy atom. The fourth-order valence-electron chi connectivity index (χ4n) is 3.82. The van der Waals surface area contributed by atoms with Gasteiger partial charge in [-0.1, -0.05) is 47.7 Å². The lowest BCUT2D eigenvalue weighted by Gasteiger charge is -2.12. The molecule has 0 spiro atoms. The number of nitrogens with two attached hydrogens (primary N) is 1. The van der Waals surface area contributed by atoms with Crippen LogP contribution in [0.15, 0.2) is 59.5 Å². The van der Waals surface area contributed by atoms with E-state index in [0.717, 1.165) is 45.5 Å². The van der Waals surface area contributed by atoms with E-state index in [0.29, 0.717) is 29.4 Å². The number of nitrogens with zero attached hydrogens (tertiary/aromatic N) is 2. The van der Waals surface area contributed by atoms with Crippen LogP contribution in [0.3, 0.4) is 0 Å². The number of anilines is 1. The zero-order chi connectivity index (χ0) is 20.8. The average Bonchev–Trinajstić information content (AvgIpc) is 3.53. The van der Waals surface area contributed by atoms with Crippen LogP contribution in [-0.2, 0) is 6.54 Å². The number of fused-ring (bicyclic) bond motifs is 1. The van der Waals surface area contributed by atoms with Crippen molar-refractivity contribution in [3.8, 4) is 11.3 Å². The lowest BCUT2D eigenvalue weighted by Crippen LogP contribution is -2.13. The van der Waals surface area contributed by atoms with Crippen LogP contribution in [0.2, 0.25) is 0 Å². The Kier molecular flexibility index (Phi) is 4.40. The molecule has 0 amide bonds. The Balaban J connectivity index is 1.60. The van der Waals surface area contributed by atoms with Crippen molar-refractivity contribution in [3.05, 3.63) is 81.1 Å². The zero-order valence-electron chi connectivity index (χ0n) is 16.0. The molecule has 0 radical (unpaired) electrons. The van der Waals surface area contributed by atoms with Gasteiger partial charge in [-0.2, -0.15) is 0 Å². The van der Waals surface area contributed by atoms with Crippen LogP contribution in [0, 0.1) is 0 Å². The van der Waals surface area contributed by atoms with Crippen molar-refractivity contribution in [2.24, 2.45) is 0 Å². The third-order valence-corrected chi connectivity index (χ3v) is 6.45. The van der Waals surface area contributed by atoms with Gasteiger partial charge < -0.3 is 10.8 Å². The van der Waals surface area contributed by atoms with Gasteiger partial charge in [0.15, 0.2) is 0 Å². The van der Waals surface area contributed by atoms with E-state index in [-0.39, 0.29) is 10.4 Å². The number of carboxylic acid groups (broad SMARTS) is 1. The largest absolute Gasteiger partial charge is 0.478 e. The Bertz CT molecular complexity index is 1340. The molecule has 4 aromatic rings. The van der Waals surface area contributed by atoms with Gasteiger partial charge in [0.25, 0.3) is 0 Å². The molecule has 0 saturated heterocycles. The molecule has 1 saturated carbocycles. The number of hydrogen-bond acceptors (Lipinski definition) is 5. The Morgan fingerprint density at radius 1 is 1.20 bits per heavy atom. The number of aromatic nitrogens is 2. The van der Waals surface area contributed by atoms with E-state index >= 15 is 0 Å². The fraction of sp³-hybridized carbons (Fsp3) is 0.174. The molecule has 0 bridgehead atoms. The molecular formula is C23H19N3O3S. The summed E-state index contributed by atoms with van der Waals surface area (Å²) in [6, 6.07) is 15.3. The monoisotopic (exact) mass is 417 g/mol. The van der Waals surface area contributed by atoms with E-state index in [9.17, 15) is 14.7 Å². The first kappa shape index (κ1) is 18.6. The summed E-state index contributed by atoms with van der Waals surface area (Å²) in [5.74, 6) is -0.781. The highest BCUT2D eigenvalue weighted by atomic mass is 32.1. The van der Waals surface area contributed by atoms with Gasteiger partial charge in [0.05, 0.1) is 28.1 Å². The summed E-state index contributed by atoms with van der Waals surface area (Å²) in [6.07, 6.45) is 3.72. The molecule has 30 heavy (non-hydrogen) atoms. The van der Waals surface area contributed by atoms with Crippen molar-refractivity contribution in [2.45, 2.75) is 25.3 Å². The quantitative estimate of drug-likeness (QED) is 0.504. The van der Waals surface area contributed by atoms with Crippen LogP contribution < -0.4 is 10.6 Å². The highest BCUT2D eigenvalue weighted by Gasteiger charge is 2.30. The van der Waals surface area contributed by atoms with Crippen LogP contribution in [0.25, 0.3) is 21.5 Å². The van der Waals surface area contributed by atoms with Crippen molar-refractivity contribution in [3.63, 3.8) is 0 Å². The van der Waals surface area contributed by atoms with Gasteiger partial charge in [-0.05, 0) is 42.0 Å². The maximum Gasteiger partial charge on any atom is 0.340 e. The summed E-state index contributed by atoms with van der Waals surface area (Å²) in [4.78, 5) is 29.0. The van der Waals surface area contributed by atoms with E-state index in [1.165, 1.54) is 0 Å². The summed E-state index contributed by atoms with van der Waals surface area (Å²) < 4.78 is 2.52. The number of thiazole rings is 1. The molecule has 2 heterocycles. The molecule has 1 fully saturated rings. The smallest absolute Gasteiger partial charge is 0.340 e. The predicted molar refractivity (Wildman–Crippen MR) is 118 cm³/mol. The fourth-order valence-corrected chi connectivity index (χ4v) is 4.75. The maximum atomic E-state index is 12.6. The third kappa shape index (κ3) is 3.17. The standard InChI is InChI=1S/C23H19N3O3S/c24-20-16(14-6-7-14)11-25-21(19(20)22(27)28)15-8-9-17-18(10-15)30-23(29)26(17)12-13-4-2-1-3-5-13/h1-5,8-11,14H,6-7,12H2,(H2,24,25)(H,27,28).